The van der Waals surface area contributed by atoms with Gasteiger partial charge in [-0.3, -0.25) is 4.79 Å². The van der Waals surface area contributed by atoms with Crippen LogP contribution < -0.4 is 11.1 Å². The van der Waals surface area contributed by atoms with Crippen molar-refractivity contribution in [2.45, 2.75) is 32.5 Å². The highest BCUT2D eigenvalue weighted by molar-refractivity contribution is 7.89. The number of nitrogens with one attached hydrogen (secondary N) is 1. The number of alkyl halides is 3. The first-order chi connectivity index (χ1) is 12.1. The lowest BCUT2D eigenvalue weighted by Crippen LogP contribution is -2.42. The first-order valence-corrected chi connectivity index (χ1v) is 9.87. The molecule has 1 aliphatic rings. The van der Waals surface area contributed by atoms with Gasteiger partial charge in [-0.15, -0.1) is 12.4 Å². The molecule has 0 atom stereocenters. The summed E-state index contributed by atoms with van der Waals surface area (Å²) in [6, 6.07) is 3.22. The first-order valence-electron chi connectivity index (χ1n) is 8.26. The molecule has 0 bridgehead atoms. The summed E-state index contributed by atoms with van der Waals surface area (Å²) in [4.78, 5) is 12.4. The van der Waals surface area contributed by atoms with Gasteiger partial charge in [0.1, 0.15) is 0 Å². The maximum absolute atomic E-state index is 12.9. The van der Waals surface area contributed by atoms with Crippen molar-refractivity contribution in [1.29, 1.82) is 0 Å². The van der Waals surface area contributed by atoms with Crippen molar-refractivity contribution in [3.8, 4) is 0 Å². The van der Waals surface area contributed by atoms with Gasteiger partial charge in [0.25, 0.3) is 0 Å². The number of anilines is 1. The number of rotatable bonds is 5. The highest BCUT2D eigenvalue weighted by atomic mass is 35.5. The van der Waals surface area contributed by atoms with Gasteiger partial charge in [0.05, 0.1) is 11.3 Å². The van der Waals surface area contributed by atoms with Crippen molar-refractivity contribution >= 4 is 34.0 Å². The van der Waals surface area contributed by atoms with Gasteiger partial charge in [-0.1, -0.05) is 0 Å². The van der Waals surface area contributed by atoms with Gasteiger partial charge < -0.3 is 11.1 Å². The molecule has 27 heavy (non-hydrogen) atoms. The molecule has 0 aromatic heterocycles. The molecule has 154 valence electrons. The van der Waals surface area contributed by atoms with E-state index in [1.54, 1.807) is 6.92 Å². The van der Waals surface area contributed by atoms with Crippen LogP contribution in [-0.4, -0.2) is 37.5 Å². The van der Waals surface area contributed by atoms with Gasteiger partial charge in [0.15, 0.2) is 0 Å². The van der Waals surface area contributed by atoms with E-state index in [1.165, 1.54) is 10.4 Å². The summed E-state index contributed by atoms with van der Waals surface area (Å²) in [6.45, 7) is 1.92. The van der Waals surface area contributed by atoms with E-state index in [0.717, 1.165) is 12.1 Å². The molecule has 1 heterocycles. The molecule has 6 nitrogen and oxygen atoms in total. The van der Waals surface area contributed by atoms with Crippen molar-refractivity contribution < 1.29 is 26.4 Å². The Labute approximate surface area is 162 Å². The number of amides is 1. The van der Waals surface area contributed by atoms with Crippen LogP contribution in [0.2, 0.25) is 0 Å². The van der Waals surface area contributed by atoms with E-state index < -0.39 is 33.6 Å². The molecular formula is C16H23ClF3N3O3S. The Hall–Kier alpha value is -1.36. The highest BCUT2D eigenvalue weighted by Gasteiger charge is 2.32. The molecule has 0 aliphatic carbocycles. The van der Waals surface area contributed by atoms with Crippen LogP contribution >= 0.6 is 12.4 Å². The van der Waals surface area contributed by atoms with Gasteiger partial charge in [0, 0.05) is 31.2 Å². The second-order valence-corrected chi connectivity index (χ2v) is 8.44. The number of hydrogen-bond acceptors (Lipinski definition) is 4. The third kappa shape index (κ3) is 6.06. The van der Waals surface area contributed by atoms with Gasteiger partial charge in [-0.25, -0.2) is 12.7 Å². The normalized spacial score (nSPS) is 16.6. The number of halogens is 4. The molecule has 0 saturated carbocycles. The van der Waals surface area contributed by atoms with Crippen molar-refractivity contribution in [2.24, 2.45) is 11.7 Å². The maximum Gasteiger partial charge on any atom is 0.416 e. The average Bonchev–Trinajstić information content (AvgIpc) is 2.60. The third-order valence-electron chi connectivity index (χ3n) is 4.41. The second kappa shape index (κ2) is 9.22. The zero-order valence-corrected chi connectivity index (χ0v) is 16.4. The second-order valence-electron chi connectivity index (χ2n) is 6.18. The fourth-order valence-electron chi connectivity index (χ4n) is 2.87. The number of nitrogens with two attached hydrogens (primary N) is 1. The lowest BCUT2D eigenvalue weighted by molar-refractivity contribution is -0.137. The smallest absolute Gasteiger partial charge is 0.326 e. The molecule has 2 rings (SSSR count). The number of hydrogen-bond donors (Lipinski definition) is 2. The largest absolute Gasteiger partial charge is 0.416 e. The maximum atomic E-state index is 12.9. The Morgan fingerprint density at radius 1 is 1.26 bits per heavy atom. The van der Waals surface area contributed by atoms with E-state index in [4.69, 9.17) is 5.73 Å². The Morgan fingerprint density at radius 3 is 2.33 bits per heavy atom. The van der Waals surface area contributed by atoms with E-state index in [0.29, 0.717) is 12.8 Å². The van der Waals surface area contributed by atoms with Crippen LogP contribution in [-0.2, 0) is 27.5 Å². The lowest BCUT2D eigenvalue weighted by atomic mass is 9.97. The van der Waals surface area contributed by atoms with Crippen LogP contribution in [0.25, 0.3) is 0 Å². The minimum absolute atomic E-state index is 0. The molecule has 1 amide bonds. The zero-order valence-electron chi connectivity index (χ0n) is 14.8. The molecular weight excluding hydrogens is 407 g/mol. The minimum atomic E-state index is -4.54. The molecule has 0 radical (unpaired) electrons. The molecule has 1 aromatic rings. The van der Waals surface area contributed by atoms with Crippen LogP contribution in [0.1, 0.15) is 30.9 Å². The summed E-state index contributed by atoms with van der Waals surface area (Å²) in [7, 11) is -3.30. The SMILES string of the molecule is CCS(=O)(=O)N1CCC(C(=O)Nc2cc(CN)cc(C(F)(F)F)c2)CC1.Cl. The third-order valence-corrected chi connectivity index (χ3v) is 6.29. The predicted octanol–water partition coefficient (Wildman–Crippen LogP) is 2.59. The van der Waals surface area contributed by atoms with Gasteiger partial charge in [-0.2, -0.15) is 13.2 Å². The summed E-state index contributed by atoms with van der Waals surface area (Å²) in [6.07, 6.45) is -3.88. The predicted molar refractivity (Wildman–Crippen MR) is 99.0 cm³/mol. The van der Waals surface area contributed by atoms with Crippen molar-refractivity contribution in [3.05, 3.63) is 29.3 Å². The van der Waals surface area contributed by atoms with Crippen LogP contribution in [0.3, 0.4) is 0 Å². The van der Waals surface area contributed by atoms with Gasteiger partial charge in [-0.05, 0) is 43.5 Å². The summed E-state index contributed by atoms with van der Waals surface area (Å²) >= 11 is 0. The van der Waals surface area contributed by atoms with E-state index in [-0.39, 0.29) is 49.0 Å². The standard InChI is InChI=1S/C16H22F3N3O3S.ClH/c1-2-26(24,25)22-5-3-12(4-6-22)15(23)21-14-8-11(10-20)7-13(9-14)16(17,18)19;/h7-9,12H,2-6,10,20H2,1H3,(H,21,23);1H. The summed E-state index contributed by atoms with van der Waals surface area (Å²) in [5.41, 5.74) is 4.85. The Balaban J connectivity index is 0.00000364. The molecule has 1 saturated heterocycles. The average molecular weight is 430 g/mol. The van der Waals surface area contributed by atoms with Crippen LogP contribution in [0.5, 0.6) is 0 Å². The monoisotopic (exact) mass is 429 g/mol. The molecule has 1 fully saturated rings. The zero-order chi connectivity index (χ0) is 19.5. The van der Waals surface area contributed by atoms with E-state index >= 15 is 0 Å². The topological polar surface area (TPSA) is 92.5 Å². The molecule has 1 aromatic carbocycles. The number of carbonyl (C=O) groups excluding carboxylic acids is 1. The lowest BCUT2D eigenvalue weighted by Gasteiger charge is -2.30. The van der Waals surface area contributed by atoms with Crippen LogP contribution in [0.15, 0.2) is 18.2 Å². The van der Waals surface area contributed by atoms with Crippen molar-refractivity contribution in [2.75, 3.05) is 24.2 Å². The fourth-order valence-corrected chi connectivity index (χ4v) is 4.00. The number of piperidine rings is 1. The number of carbonyl (C=O) groups is 1. The van der Waals surface area contributed by atoms with E-state index in [9.17, 15) is 26.4 Å². The van der Waals surface area contributed by atoms with Crippen LogP contribution in [0, 0.1) is 5.92 Å². The molecule has 3 N–H and O–H groups in total. The quantitative estimate of drug-likeness (QED) is 0.752. The van der Waals surface area contributed by atoms with Gasteiger partial charge >= 0.3 is 6.18 Å². The molecule has 0 spiro atoms. The van der Waals surface area contributed by atoms with Gasteiger partial charge in [0.2, 0.25) is 15.9 Å². The Bertz CT molecular complexity index is 764. The Morgan fingerprint density at radius 2 is 1.85 bits per heavy atom. The fraction of sp³-hybridized carbons (Fsp3) is 0.562. The van der Waals surface area contributed by atoms with Crippen molar-refractivity contribution in [1.82, 2.24) is 4.31 Å². The van der Waals surface area contributed by atoms with E-state index in [2.05, 4.69) is 5.32 Å². The Kier molecular flexibility index (Phi) is 8.09. The first kappa shape index (κ1) is 23.7. The summed E-state index contributed by atoms with van der Waals surface area (Å²) < 4.78 is 63.8. The minimum Gasteiger partial charge on any atom is -0.326 e. The summed E-state index contributed by atoms with van der Waals surface area (Å²) in [5, 5.41) is 2.50. The van der Waals surface area contributed by atoms with Crippen LogP contribution in [0.4, 0.5) is 18.9 Å². The van der Waals surface area contributed by atoms with Crippen molar-refractivity contribution in [3.63, 3.8) is 0 Å². The van der Waals surface area contributed by atoms with E-state index in [1.807, 2.05) is 0 Å². The number of nitrogens with zero attached hydrogens (tertiary/aromatic N) is 1. The highest BCUT2D eigenvalue weighted by Crippen LogP contribution is 2.32. The molecule has 1 aliphatic heterocycles. The number of sulfonamides is 1. The molecule has 0 unspecified atom stereocenters. The molecule has 11 heteroatoms. The summed E-state index contributed by atoms with van der Waals surface area (Å²) in [5.74, 6) is -0.870. The number of benzene rings is 1.